The smallest absolute Gasteiger partial charge is 0.331 e. The third-order valence-electron chi connectivity index (χ3n) is 3.80. The van der Waals surface area contributed by atoms with Gasteiger partial charge in [0.25, 0.3) is 0 Å². The van der Waals surface area contributed by atoms with Gasteiger partial charge >= 0.3 is 11.9 Å². The number of ether oxygens (including phenoxy) is 2. The van der Waals surface area contributed by atoms with Crippen molar-refractivity contribution in [2.24, 2.45) is 5.41 Å². The molecule has 0 fully saturated rings. The van der Waals surface area contributed by atoms with E-state index in [1.165, 1.54) is 14.2 Å². The number of rotatable bonds is 3. The molecule has 0 amide bonds. The zero-order valence-electron chi connectivity index (χ0n) is 11.8. The second kappa shape index (κ2) is 4.74. The first kappa shape index (κ1) is 13.4. The summed E-state index contributed by atoms with van der Waals surface area (Å²) in [6.07, 6.45) is 1.60. The molecule has 21 heavy (non-hydrogen) atoms. The minimum absolute atomic E-state index is 0.614. The Bertz CT molecular complexity index is 752. The van der Waals surface area contributed by atoms with E-state index in [1.54, 1.807) is 6.08 Å². The lowest BCUT2D eigenvalue weighted by Crippen LogP contribution is -2.31. The number of carbonyl (C=O) groups excluding carboxylic acids is 2. The van der Waals surface area contributed by atoms with Crippen LogP contribution >= 0.6 is 0 Å². The number of fused-ring (bicyclic) bond motifs is 1. The molecule has 0 heterocycles. The molecule has 2 aromatic carbocycles. The van der Waals surface area contributed by atoms with E-state index >= 15 is 0 Å². The maximum absolute atomic E-state index is 12.0. The molecule has 4 heteroatoms. The molecule has 0 aliphatic heterocycles. The molecule has 0 bridgehead atoms. The Hall–Kier alpha value is -2.62. The average Bonchev–Trinajstić information content (AvgIpc) is 3.29. The van der Waals surface area contributed by atoms with Gasteiger partial charge in [0.2, 0.25) is 5.41 Å². The van der Waals surface area contributed by atoms with Gasteiger partial charge in [0.05, 0.1) is 14.2 Å². The average molecular weight is 282 g/mol. The van der Waals surface area contributed by atoms with Crippen molar-refractivity contribution in [3.63, 3.8) is 0 Å². The van der Waals surface area contributed by atoms with E-state index in [-0.39, 0.29) is 0 Å². The molecular formula is C17H14O4. The topological polar surface area (TPSA) is 52.6 Å². The zero-order chi connectivity index (χ0) is 15.0. The van der Waals surface area contributed by atoms with Crippen LogP contribution < -0.4 is 0 Å². The van der Waals surface area contributed by atoms with Gasteiger partial charge in [-0.3, -0.25) is 9.59 Å². The molecule has 106 valence electrons. The van der Waals surface area contributed by atoms with Gasteiger partial charge in [0, 0.05) is 0 Å². The molecule has 0 radical (unpaired) electrons. The summed E-state index contributed by atoms with van der Waals surface area (Å²) in [6.45, 7) is 0. The summed E-state index contributed by atoms with van der Waals surface area (Å²) < 4.78 is 9.54. The predicted molar refractivity (Wildman–Crippen MR) is 78.4 cm³/mol. The van der Waals surface area contributed by atoms with E-state index in [4.69, 9.17) is 9.47 Å². The van der Waals surface area contributed by atoms with Crippen LogP contribution in [-0.4, -0.2) is 26.2 Å². The number of carbonyl (C=O) groups is 2. The fourth-order valence-electron chi connectivity index (χ4n) is 2.67. The summed E-state index contributed by atoms with van der Waals surface area (Å²) in [5, 5.41) is 2.03. The second-order valence-electron chi connectivity index (χ2n) is 4.88. The van der Waals surface area contributed by atoms with Gasteiger partial charge in [0.15, 0.2) is 0 Å². The van der Waals surface area contributed by atoms with Crippen LogP contribution in [0.3, 0.4) is 0 Å². The van der Waals surface area contributed by atoms with Crippen molar-refractivity contribution in [3.05, 3.63) is 54.1 Å². The van der Waals surface area contributed by atoms with Crippen LogP contribution in [0.4, 0.5) is 0 Å². The Morgan fingerprint density at radius 3 is 2.19 bits per heavy atom. The van der Waals surface area contributed by atoms with E-state index in [0.29, 0.717) is 5.57 Å². The lowest BCUT2D eigenvalue weighted by Gasteiger charge is -2.14. The van der Waals surface area contributed by atoms with Gasteiger partial charge in [-0.25, -0.2) is 0 Å². The van der Waals surface area contributed by atoms with Crippen LogP contribution in [0.5, 0.6) is 0 Å². The SMILES string of the molecule is COC(=O)C1(C(=O)OC)C=C1c1cccc2ccccc12. The molecule has 0 saturated heterocycles. The predicted octanol–water partition coefficient (Wildman–Crippen LogP) is 2.57. The van der Waals surface area contributed by atoms with Crippen molar-refractivity contribution >= 4 is 28.3 Å². The number of benzene rings is 2. The minimum atomic E-state index is -1.40. The summed E-state index contributed by atoms with van der Waals surface area (Å²) in [4.78, 5) is 24.1. The molecule has 4 nitrogen and oxygen atoms in total. The second-order valence-corrected chi connectivity index (χ2v) is 4.88. The third kappa shape index (κ3) is 1.83. The molecule has 2 aromatic rings. The van der Waals surface area contributed by atoms with Crippen molar-refractivity contribution in [1.82, 2.24) is 0 Å². The maximum Gasteiger partial charge on any atom is 0.331 e. The molecule has 3 rings (SSSR count). The van der Waals surface area contributed by atoms with Gasteiger partial charge in [-0.1, -0.05) is 42.5 Å². The molecule has 0 saturated carbocycles. The Kier molecular flexibility index (Phi) is 3.01. The van der Waals surface area contributed by atoms with Gasteiger partial charge in [-0.15, -0.1) is 0 Å². The molecule has 1 aliphatic carbocycles. The van der Waals surface area contributed by atoms with Crippen molar-refractivity contribution in [2.45, 2.75) is 0 Å². The first-order valence-corrected chi connectivity index (χ1v) is 6.53. The summed E-state index contributed by atoms with van der Waals surface area (Å²) >= 11 is 0. The largest absolute Gasteiger partial charge is 0.468 e. The maximum atomic E-state index is 12.0. The van der Waals surface area contributed by atoms with E-state index in [1.807, 2.05) is 42.5 Å². The fourth-order valence-corrected chi connectivity index (χ4v) is 2.67. The quantitative estimate of drug-likeness (QED) is 0.641. The van der Waals surface area contributed by atoms with Crippen LogP contribution in [0.2, 0.25) is 0 Å². The Morgan fingerprint density at radius 1 is 0.905 bits per heavy atom. The number of esters is 2. The van der Waals surface area contributed by atoms with Crippen molar-refractivity contribution < 1.29 is 19.1 Å². The van der Waals surface area contributed by atoms with Crippen LogP contribution in [0.1, 0.15) is 5.56 Å². The Morgan fingerprint density at radius 2 is 1.52 bits per heavy atom. The van der Waals surface area contributed by atoms with E-state index in [9.17, 15) is 9.59 Å². The summed E-state index contributed by atoms with van der Waals surface area (Å²) in [5.41, 5.74) is 0.0927. The minimum Gasteiger partial charge on any atom is -0.468 e. The lowest BCUT2D eigenvalue weighted by molar-refractivity contribution is -0.158. The van der Waals surface area contributed by atoms with Crippen LogP contribution in [0.25, 0.3) is 16.3 Å². The summed E-state index contributed by atoms with van der Waals surface area (Å²) in [5.74, 6) is -1.23. The first-order valence-electron chi connectivity index (χ1n) is 6.53. The van der Waals surface area contributed by atoms with E-state index < -0.39 is 17.4 Å². The lowest BCUT2D eigenvalue weighted by atomic mass is 9.93. The highest BCUT2D eigenvalue weighted by Crippen LogP contribution is 2.54. The number of methoxy groups -OCH3 is 2. The van der Waals surface area contributed by atoms with Gasteiger partial charge in [-0.2, -0.15) is 0 Å². The highest BCUT2D eigenvalue weighted by atomic mass is 16.5. The first-order chi connectivity index (χ1) is 10.1. The van der Waals surface area contributed by atoms with Crippen LogP contribution in [-0.2, 0) is 19.1 Å². The van der Waals surface area contributed by atoms with Gasteiger partial charge in [-0.05, 0) is 28.0 Å². The highest BCUT2D eigenvalue weighted by molar-refractivity contribution is 6.24. The van der Waals surface area contributed by atoms with Crippen LogP contribution in [0, 0.1) is 5.41 Å². The molecule has 0 aromatic heterocycles. The summed E-state index contributed by atoms with van der Waals surface area (Å²) in [7, 11) is 2.53. The zero-order valence-corrected chi connectivity index (χ0v) is 11.8. The highest BCUT2D eigenvalue weighted by Gasteiger charge is 2.60. The molecule has 0 N–H and O–H groups in total. The standard InChI is InChI=1S/C17H14O4/c1-20-15(18)17(16(19)21-2)10-14(17)13-9-5-7-11-6-3-4-8-12(11)13/h3-10H,1-2H3. The normalized spacial score (nSPS) is 15.2. The summed E-state index contributed by atoms with van der Waals surface area (Å²) in [6, 6.07) is 13.6. The molecule has 1 aliphatic rings. The number of hydrogen-bond acceptors (Lipinski definition) is 4. The van der Waals surface area contributed by atoms with Crippen molar-refractivity contribution in [3.8, 4) is 0 Å². The number of hydrogen-bond donors (Lipinski definition) is 0. The molecule has 0 atom stereocenters. The van der Waals surface area contributed by atoms with Crippen molar-refractivity contribution in [2.75, 3.05) is 14.2 Å². The monoisotopic (exact) mass is 282 g/mol. The third-order valence-corrected chi connectivity index (χ3v) is 3.80. The van der Waals surface area contributed by atoms with Gasteiger partial charge in [0.1, 0.15) is 0 Å². The molecule has 0 spiro atoms. The molecular weight excluding hydrogens is 268 g/mol. The Labute approximate surface area is 122 Å². The van der Waals surface area contributed by atoms with E-state index in [2.05, 4.69) is 0 Å². The van der Waals surface area contributed by atoms with E-state index in [0.717, 1.165) is 16.3 Å². The van der Waals surface area contributed by atoms with Crippen molar-refractivity contribution in [1.29, 1.82) is 0 Å². The molecule has 0 unspecified atom stereocenters. The fraction of sp³-hybridized carbons (Fsp3) is 0.176. The Balaban J connectivity index is 2.11. The van der Waals surface area contributed by atoms with Gasteiger partial charge < -0.3 is 9.47 Å². The van der Waals surface area contributed by atoms with Crippen LogP contribution in [0.15, 0.2) is 48.5 Å².